The number of ether oxygens (including phenoxy) is 4. The molecule has 1 aliphatic heterocycles. The number of amides is 2. The molecule has 0 aliphatic carbocycles. The van der Waals surface area contributed by atoms with E-state index in [2.05, 4.69) is 40.8 Å². The molecule has 2 aromatic rings. The minimum atomic E-state index is -1.46. The smallest absolute Gasteiger partial charge is 0.418 e. The Labute approximate surface area is 292 Å². The Hall–Kier alpha value is -4.00. The van der Waals surface area contributed by atoms with Crippen LogP contribution >= 0.6 is 11.8 Å². The van der Waals surface area contributed by atoms with E-state index in [0.717, 1.165) is 17.8 Å². The van der Waals surface area contributed by atoms with Crippen LogP contribution in [-0.2, 0) is 24.5 Å². The first-order chi connectivity index (χ1) is 22.7. The molecule has 12 nitrogen and oxygen atoms in total. The molecule has 3 atom stereocenters. The highest BCUT2D eigenvalue weighted by Crippen LogP contribution is 2.52. The summed E-state index contributed by atoms with van der Waals surface area (Å²) >= 11 is 1.02. The van der Waals surface area contributed by atoms with Crippen molar-refractivity contribution in [2.45, 2.75) is 83.1 Å². The van der Waals surface area contributed by atoms with Crippen LogP contribution < -0.4 is 10.1 Å². The molecular weight excluding hydrogens is 670 g/mol. The minimum absolute atomic E-state index is 0.00530. The third-order valence-corrected chi connectivity index (χ3v) is 11.0. The Kier molecular flexibility index (Phi) is 12.6. The van der Waals surface area contributed by atoms with Gasteiger partial charge in [0.15, 0.2) is 11.8 Å². The van der Waals surface area contributed by atoms with E-state index in [-0.39, 0.29) is 41.3 Å². The lowest BCUT2D eigenvalue weighted by molar-refractivity contribution is -0.145. The van der Waals surface area contributed by atoms with Crippen LogP contribution in [0.4, 0.5) is 14.9 Å². The Bertz CT molecular complexity index is 1610. The van der Waals surface area contributed by atoms with Gasteiger partial charge in [-0.2, -0.15) is 0 Å². The van der Waals surface area contributed by atoms with Crippen molar-refractivity contribution in [3.63, 3.8) is 0 Å². The van der Waals surface area contributed by atoms with Gasteiger partial charge in [0.05, 0.1) is 25.0 Å². The Morgan fingerprint density at radius 2 is 1.86 bits per heavy atom. The molecule has 1 unspecified atom stereocenters. The molecule has 0 spiro atoms. The number of thioether (sulfide) groups is 1. The maximum Gasteiger partial charge on any atom is 0.418 e. The molecule has 0 saturated carbocycles. The molecular formula is C34H46FN5O7SSi. The van der Waals surface area contributed by atoms with Gasteiger partial charge in [-0.3, -0.25) is 14.6 Å². The predicted octanol–water partition coefficient (Wildman–Crippen LogP) is 6.32. The van der Waals surface area contributed by atoms with Gasteiger partial charge in [-0.1, -0.05) is 44.2 Å². The van der Waals surface area contributed by atoms with Crippen molar-refractivity contribution in [2.75, 3.05) is 32.4 Å². The van der Waals surface area contributed by atoms with E-state index < -0.39 is 53.7 Å². The second-order valence-electron chi connectivity index (χ2n) is 14.1. The summed E-state index contributed by atoms with van der Waals surface area (Å²) in [6.07, 6.45) is 6.94. The summed E-state index contributed by atoms with van der Waals surface area (Å²) in [7, 11) is -0.188. The van der Waals surface area contributed by atoms with Gasteiger partial charge in [0.1, 0.15) is 28.6 Å². The van der Waals surface area contributed by atoms with E-state index in [0.29, 0.717) is 6.61 Å². The van der Waals surface area contributed by atoms with Crippen LogP contribution in [0.25, 0.3) is 0 Å². The molecule has 1 aromatic carbocycles. The van der Waals surface area contributed by atoms with E-state index in [1.54, 1.807) is 41.5 Å². The van der Waals surface area contributed by atoms with Gasteiger partial charge in [0.25, 0.3) is 5.91 Å². The van der Waals surface area contributed by atoms with Crippen LogP contribution in [0.3, 0.4) is 0 Å². The van der Waals surface area contributed by atoms with Gasteiger partial charge in [-0.05, 0) is 58.9 Å². The van der Waals surface area contributed by atoms with E-state index >= 15 is 4.39 Å². The lowest BCUT2D eigenvalue weighted by Crippen LogP contribution is -2.55. The molecule has 49 heavy (non-hydrogen) atoms. The lowest BCUT2D eigenvalue weighted by Gasteiger charge is -2.47. The number of methoxy groups -OCH3 is 1. The molecule has 2 heterocycles. The number of nitrogens with zero attached hydrogens (tertiary/aromatic N) is 4. The Balaban J connectivity index is 2.08. The number of terminal acetylenes is 1. The number of aliphatic imine (C=N–C) groups is 1. The van der Waals surface area contributed by atoms with E-state index in [1.807, 2.05) is 0 Å². The fraction of sp³-hybridized carbons (Fsp3) is 0.529. The molecule has 15 heteroatoms. The van der Waals surface area contributed by atoms with Crippen LogP contribution in [0.5, 0.6) is 5.88 Å². The predicted molar refractivity (Wildman–Crippen MR) is 190 cm³/mol. The lowest BCUT2D eigenvalue weighted by atomic mass is 9.73. The van der Waals surface area contributed by atoms with E-state index in [1.165, 1.54) is 42.6 Å². The van der Waals surface area contributed by atoms with E-state index in [4.69, 9.17) is 30.4 Å². The number of halogens is 1. The SMILES string of the molecule is C#CCOc1cnc(C(=O)Nc2ccc(F)c([C@@]3(C)N=C(N(COCC[Si](C)(C)C)C(=O)OC(C)(C)C)S[C@](C)(C(=O)OC)C3C)c2)cn1. The van der Waals surface area contributed by atoms with Crippen molar-refractivity contribution in [1.82, 2.24) is 14.9 Å². The standard InChI is InChI=1S/C34H46FN5O7SSi/c1-12-15-46-27-20-36-26(19-37-27)28(41)38-23-13-14-25(35)24(18-23)33(6)22(2)34(7,29(42)44-8)48-30(39-33)40(31(43)47-32(3,4)5)21-45-16-17-49(9,10)11/h1,13-14,18-20,22H,15-17,21H2,2-11H3,(H,38,41)/t22?,33-,34-/m0/s1. The van der Waals surface area contributed by atoms with Crippen LogP contribution in [0.2, 0.25) is 25.7 Å². The second kappa shape index (κ2) is 15.7. The van der Waals surface area contributed by atoms with Crippen LogP contribution in [0.1, 0.15) is 57.6 Å². The summed E-state index contributed by atoms with van der Waals surface area (Å²) in [4.78, 5) is 54.4. The first kappa shape index (κ1) is 39.4. The van der Waals surface area contributed by atoms with Crippen LogP contribution in [0, 0.1) is 24.1 Å². The first-order valence-electron chi connectivity index (χ1n) is 15.7. The van der Waals surface area contributed by atoms with Crippen molar-refractivity contribution in [2.24, 2.45) is 10.9 Å². The van der Waals surface area contributed by atoms with Gasteiger partial charge < -0.3 is 24.3 Å². The average molecular weight is 716 g/mol. The average Bonchev–Trinajstić information content (AvgIpc) is 3.01. The second-order valence-corrected chi connectivity index (χ2v) is 21.1. The maximum absolute atomic E-state index is 15.9. The third kappa shape index (κ3) is 10.0. The van der Waals surface area contributed by atoms with Crippen LogP contribution in [0.15, 0.2) is 35.6 Å². The summed E-state index contributed by atoms with van der Waals surface area (Å²) in [5.74, 6) is -0.0565. The molecule has 1 aliphatic rings. The highest BCUT2D eigenvalue weighted by atomic mass is 32.2. The number of rotatable bonds is 11. The molecule has 0 radical (unpaired) electrons. The number of aromatic nitrogens is 2. The molecule has 2 amide bonds. The van der Waals surface area contributed by atoms with Gasteiger partial charge in [-0.25, -0.2) is 24.1 Å². The van der Waals surface area contributed by atoms with Gasteiger partial charge >= 0.3 is 12.1 Å². The molecule has 3 rings (SSSR count). The zero-order valence-electron chi connectivity index (χ0n) is 29.8. The minimum Gasteiger partial charge on any atom is -0.468 e. The summed E-state index contributed by atoms with van der Waals surface area (Å²) in [5, 5.41) is 2.80. The topological polar surface area (TPSA) is 142 Å². The highest BCUT2D eigenvalue weighted by Gasteiger charge is 2.56. The van der Waals surface area contributed by atoms with Gasteiger partial charge in [0, 0.05) is 31.8 Å². The highest BCUT2D eigenvalue weighted by molar-refractivity contribution is 8.15. The number of amidine groups is 1. The van der Waals surface area contributed by atoms with Crippen molar-refractivity contribution in [3.05, 3.63) is 47.7 Å². The number of carbonyl (C=O) groups excluding carboxylic acids is 3. The summed E-state index contributed by atoms with van der Waals surface area (Å²) in [6.45, 7) is 17.1. The fourth-order valence-corrected chi connectivity index (χ4v) is 6.99. The maximum atomic E-state index is 15.9. The largest absolute Gasteiger partial charge is 0.468 e. The fourth-order valence-electron chi connectivity index (χ4n) is 4.81. The summed E-state index contributed by atoms with van der Waals surface area (Å²) < 4.78 is 36.7. The van der Waals surface area contributed by atoms with Crippen molar-refractivity contribution < 1.29 is 37.7 Å². The van der Waals surface area contributed by atoms with Crippen LogP contribution in [-0.4, -0.2) is 83.5 Å². The molecule has 0 saturated heterocycles. The molecule has 266 valence electrons. The third-order valence-electron chi connectivity index (χ3n) is 7.89. The Morgan fingerprint density at radius 1 is 1.16 bits per heavy atom. The summed E-state index contributed by atoms with van der Waals surface area (Å²) in [6, 6.07) is 4.88. The molecule has 0 bridgehead atoms. The van der Waals surface area contributed by atoms with Crippen molar-refractivity contribution in [1.29, 1.82) is 0 Å². The van der Waals surface area contributed by atoms with E-state index in [9.17, 15) is 14.4 Å². The molecule has 1 aromatic heterocycles. The monoisotopic (exact) mass is 715 g/mol. The number of esters is 1. The first-order valence-corrected chi connectivity index (χ1v) is 20.2. The number of hydrogen-bond donors (Lipinski definition) is 1. The number of hydrogen-bond acceptors (Lipinski definition) is 11. The zero-order valence-corrected chi connectivity index (χ0v) is 31.6. The van der Waals surface area contributed by atoms with Crippen molar-refractivity contribution >= 4 is 48.7 Å². The van der Waals surface area contributed by atoms with Gasteiger partial charge in [0.2, 0.25) is 5.88 Å². The number of benzene rings is 1. The number of anilines is 1. The zero-order chi connectivity index (χ0) is 36.8. The summed E-state index contributed by atoms with van der Waals surface area (Å²) in [5.41, 5.74) is -2.03. The quantitative estimate of drug-likeness (QED) is 0.0925. The number of nitrogens with one attached hydrogen (secondary N) is 1. The van der Waals surface area contributed by atoms with Crippen molar-refractivity contribution in [3.8, 4) is 18.2 Å². The molecule has 1 N–H and O–H groups in total. The number of carbonyl (C=O) groups is 3. The van der Waals surface area contributed by atoms with Gasteiger partial charge in [-0.15, -0.1) is 6.42 Å². The Morgan fingerprint density at radius 3 is 2.43 bits per heavy atom. The normalized spacial score (nSPS) is 20.8. The molecule has 0 fully saturated rings.